The van der Waals surface area contributed by atoms with Crippen LogP contribution < -0.4 is 21.2 Å². The van der Waals surface area contributed by atoms with E-state index >= 15 is 0 Å². The predicted molar refractivity (Wildman–Crippen MR) is 40.7 cm³/mol. The van der Waals surface area contributed by atoms with E-state index in [1.807, 2.05) is 0 Å². The average molecular weight is 247 g/mol. The van der Waals surface area contributed by atoms with Crippen molar-refractivity contribution in [3.05, 3.63) is 35.9 Å². The van der Waals surface area contributed by atoms with Gasteiger partial charge in [0.2, 0.25) is 0 Å². The van der Waals surface area contributed by atoms with Gasteiger partial charge >= 0.3 is 72.9 Å². The summed E-state index contributed by atoms with van der Waals surface area (Å²) < 4.78 is 2.74. The van der Waals surface area contributed by atoms with E-state index in [1.54, 1.807) is 0 Å². The van der Waals surface area contributed by atoms with Crippen molar-refractivity contribution in [2.24, 2.45) is 0 Å². The molecule has 0 saturated carbocycles. The van der Waals surface area contributed by atoms with Gasteiger partial charge in [0, 0.05) is 0 Å². The van der Waals surface area contributed by atoms with Crippen LogP contribution in [-0.4, -0.2) is 4.43 Å². The van der Waals surface area contributed by atoms with Gasteiger partial charge in [-0.3, -0.25) is 0 Å². The summed E-state index contributed by atoms with van der Waals surface area (Å²) in [7, 11) is 0. The fourth-order valence-electron chi connectivity index (χ4n) is 0.771. The van der Waals surface area contributed by atoms with Crippen LogP contribution in [0.25, 0.3) is 0 Å². The summed E-state index contributed by atoms with van der Waals surface area (Å²) in [4.78, 5) is 0. The van der Waals surface area contributed by atoms with Gasteiger partial charge in [0.05, 0.1) is 0 Å². The van der Waals surface area contributed by atoms with Crippen molar-refractivity contribution in [2.75, 3.05) is 4.43 Å². The molecule has 0 amide bonds. The van der Waals surface area contributed by atoms with Crippen molar-refractivity contribution >= 4 is 0 Å². The second kappa shape index (κ2) is 4.72. The topological polar surface area (TPSA) is 0 Å². The molecule has 0 fully saturated rings. The molecule has 10 heavy (non-hydrogen) atoms. The standard InChI is InChI=1S/C9H12I/c1-2-10-8-9-6-4-3-5-7-9/h3-7H,2,8H2,1H3/q-1. The van der Waals surface area contributed by atoms with Gasteiger partial charge < -0.3 is 0 Å². The fraction of sp³-hybridized carbons (Fsp3) is 0.333. The first-order valence-corrected chi connectivity index (χ1v) is 6.56. The fourth-order valence-corrected chi connectivity index (χ4v) is 2.44. The number of rotatable bonds is 3. The Labute approximate surface area is 72.9 Å². The van der Waals surface area contributed by atoms with Gasteiger partial charge in [-0.1, -0.05) is 0 Å². The van der Waals surface area contributed by atoms with Gasteiger partial charge in [0.15, 0.2) is 0 Å². The summed E-state index contributed by atoms with van der Waals surface area (Å²) in [6.45, 7) is 2.27. The molecule has 56 valence electrons. The monoisotopic (exact) mass is 247 g/mol. The molecule has 0 unspecified atom stereocenters. The summed E-state index contributed by atoms with van der Waals surface area (Å²) in [6, 6.07) is 10.8. The van der Waals surface area contributed by atoms with Crippen LogP contribution in [0.5, 0.6) is 0 Å². The molecule has 1 aromatic rings. The van der Waals surface area contributed by atoms with Crippen LogP contribution in [0.3, 0.4) is 0 Å². The maximum atomic E-state index is 2.27. The summed E-state index contributed by atoms with van der Waals surface area (Å²) in [5, 5.41) is 0. The molecule has 0 aliphatic heterocycles. The second-order valence-corrected chi connectivity index (χ2v) is 5.44. The van der Waals surface area contributed by atoms with E-state index in [0.717, 1.165) is 0 Å². The third-order valence-electron chi connectivity index (χ3n) is 1.28. The first-order chi connectivity index (χ1) is 4.93. The van der Waals surface area contributed by atoms with Gasteiger partial charge in [0.1, 0.15) is 0 Å². The zero-order valence-corrected chi connectivity index (χ0v) is 8.34. The Morgan fingerprint density at radius 1 is 1.20 bits per heavy atom. The van der Waals surface area contributed by atoms with Crippen LogP contribution in [0.2, 0.25) is 0 Å². The Morgan fingerprint density at radius 2 is 1.90 bits per heavy atom. The van der Waals surface area contributed by atoms with Gasteiger partial charge in [-0.05, 0) is 0 Å². The SMILES string of the molecule is CC[I-]Cc1ccccc1. The molecular weight excluding hydrogens is 235 g/mol. The Morgan fingerprint density at radius 3 is 2.50 bits per heavy atom. The number of hydrogen-bond acceptors (Lipinski definition) is 0. The molecule has 0 radical (unpaired) electrons. The Hall–Kier alpha value is -0.0500. The molecule has 0 saturated heterocycles. The van der Waals surface area contributed by atoms with Crippen LogP contribution >= 0.6 is 0 Å². The average Bonchev–Trinajstić information content (AvgIpc) is 2.03. The molecule has 0 aromatic heterocycles. The van der Waals surface area contributed by atoms with Crippen LogP contribution in [0, 0.1) is 0 Å². The summed E-state index contributed by atoms with van der Waals surface area (Å²) >= 11 is 0.449. The first kappa shape index (κ1) is 8.05. The molecule has 1 rings (SSSR count). The van der Waals surface area contributed by atoms with Crippen molar-refractivity contribution < 1.29 is 21.2 Å². The zero-order chi connectivity index (χ0) is 7.23. The van der Waals surface area contributed by atoms with Crippen molar-refractivity contribution in [3.8, 4) is 0 Å². The van der Waals surface area contributed by atoms with Crippen LogP contribution in [0.1, 0.15) is 12.5 Å². The molecule has 0 aliphatic carbocycles. The van der Waals surface area contributed by atoms with Gasteiger partial charge in [-0.25, -0.2) is 0 Å². The minimum atomic E-state index is 0.449. The Bertz CT molecular complexity index is 169. The van der Waals surface area contributed by atoms with E-state index < -0.39 is 0 Å². The summed E-state index contributed by atoms with van der Waals surface area (Å²) in [5.74, 6) is 0. The quantitative estimate of drug-likeness (QED) is 0.489. The molecule has 1 aromatic carbocycles. The van der Waals surface area contributed by atoms with E-state index in [2.05, 4.69) is 37.3 Å². The Balaban J connectivity index is 2.43. The number of alkyl halides is 2. The molecule has 1 heteroatoms. The van der Waals surface area contributed by atoms with Crippen molar-refractivity contribution in [3.63, 3.8) is 0 Å². The first-order valence-electron chi connectivity index (χ1n) is 3.51. The molecular formula is C9H12I-. The van der Waals surface area contributed by atoms with Gasteiger partial charge in [-0.15, -0.1) is 0 Å². The van der Waals surface area contributed by atoms with E-state index in [9.17, 15) is 0 Å². The summed E-state index contributed by atoms with van der Waals surface area (Å²) in [5.41, 5.74) is 1.51. The number of benzene rings is 1. The van der Waals surface area contributed by atoms with Gasteiger partial charge in [-0.2, -0.15) is 0 Å². The second-order valence-electron chi connectivity index (χ2n) is 2.08. The third-order valence-corrected chi connectivity index (χ3v) is 3.78. The van der Waals surface area contributed by atoms with E-state index in [-0.39, 0.29) is 0 Å². The van der Waals surface area contributed by atoms with E-state index in [0.29, 0.717) is 21.2 Å². The third kappa shape index (κ3) is 2.69. The van der Waals surface area contributed by atoms with Crippen LogP contribution in [0.4, 0.5) is 0 Å². The van der Waals surface area contributed by atoms with E-state index in [1.165, 1.54) is 14.4 Å². The molecule has 0 spiro atoms. The van der Waals surface area contributed by atoms with Crippen LogP contribution in [0.15, 0.2) is 30.3 Å². The van der Waals surface area contributed by atoms with Crippen molar-refractivity contribution in [1.82, 2.24) is 0 Å². The number of halogens is 1. The van der Waals surface area contributed by atoms with E-state index in [4.69, 9.17) is 0 Å². The molecule has 0 nitrogen and oxygen atoms in total. The zero-order valence-electron chi connectivity index (χ0n) is 6.18. The minimum absolute atomic E-state index is 0.449. The number of hydrogen-bond donors (Lipinski definition) is 0. The van der Waals surface area contributed by atoms with Crippen molar-refractivity contribution in [2.45, 2.75) is 11.4 Å². The normalized spacial score (nSPS) is 10.1. The Kier molecular flexibility index (Phi) is 3.80. The van der Waals surface area contributed by atoms with Crippen LogP contribution in [-0.2, 0) is 4.43 Å². The molecule has 0 atom stereocenters. The predicted octanol–water partition coefficient (Wildman–Crippen LogP) is -0.704. The van der Waals surface area contributed by atoms with Crippen molar-refractivity contribution in [1.29, 1.82) is 0 Å². The molecule has 0 aliphatic rings. The molecule has 0 N–H and O–H groups in total. The van der Waals surface area contributed by atoms with Gasteiger partial charge in [0.25, 0.3) is 0 Å². The molecule has 0 heterocycles. The summed E-state index contributed by atoms with van der Waals surface area (Å²) in [6.07, 6.45) is 0. The molecule has 0 bridgehead atoms. The maximum absolute atomic E-state index is 2.27.